The van der Waals surface area contributed by atoms with E-state index in [0.29, 0.717) is 23.4 Å². The molecule has 0 spiro atoms. The second kappa shape index (κ2) is 12.4. The lowest BCUT2D eigenvalue weighted by atomic mass is 9.65. The molecule has 2 N–H and O–H groups in total. The van der Waals surface area contributed by atoms with Crippen LogP contribution in [0.3, 0.4) is 0 Å². The number of nitrogens with zero attached hydrogens (tertiary/aromatic N) is 1. The Morgan fingerprint density at radius 3 is 2.36 bits per heavy atom. The first kappa shape index (κ1) is 31.0. The van der Waals surface area contributed by atoms with Crippen molar-refractivity contribution in [2.45, 2.75) is 91.6 Å². The average Bonchev–Trinajstić information content (AvgIpc) is 3.24. The highest BCUT2D eigenvalue weighted by Crippen LogP contribution is 2.53. The van der Waals surface area contributed by atoms with Crippen molar-refractivity contribution in [2.24, 2.45) is 16.7 Å². The zero-order chi connectivity index (χ0) is 31.1. The van der Waals surface area contributed by atoms with Crippen molar-refractivity contribution in [3.63, 3.8) is 0 Å². The molecule has 6 nitrogen and oxygen atoms in total. The fourth-order valence-electron chi connectivity index (χ4n) is 8.35. The van der Waals surface area contributed by atoms with Gasteiger partial charge in [0.05, 0.1) is 18.8 Å². The summed E-state index contributed by atoms with van der Waals surface area (Å²) in [6.45, 7) is 13.7. The van der Waals surface area contributed by atoms with E-state index in [1.165, 1.54) is 19.3 Å². The highest BCUT2D eigenvalue weighted by atomic mass is 16.7. The largest absolute Gasteiger partial charge is 0.392 e. The van der Waals surface area contributed by atoms with Crippen molar-refractivity contribution in [2.75, 3.05) is 13.1 Å². The topological polar surface area (TPSA) is 71.0 Å². The summed E-state index contributed by atoms with van der Waals surface area (Å²) < 4.78 is 13.6. The van der Waals surface area contributed by atoms with E-state index in [9.17, 15) is 9.90 Å². The molecule has 2 bridgehead atoms. The number of benzene rings is 3. The molecule has 1 saturated carbocycles. The molecule has 3 aromatic carbocycles. The van der Waals surface area contributed by atoms with Crippen LogP contribution in [0.15, 0.2) is 72.8 Å². The summed E-state index contributed by atoms with van der Waals surface area (Å²) in [5.74, 6) is 0.119. The molecule has 6 rings (SSSR count). The molecule has 44 heavy (non-hydrogen) atoms. The summed E-state index contributed by atoms with van der Waals surface area (Å²) in [4.78, 5) is 14.3. The van der Waals surface area contributed by atoms with Gasteiger partial charge in [0.25, 0.3) is 0 Å². The van der Waals surface area contributed by atoms with Gasteiger partial charge in [-0.05, 0) is 57.9 Å². The molecular weight excluding hydrogens is 548 g/mol. The number of rotatable bonds is 8. The molecule has 1 aliphatic carbocycles. The van der Waals surface area contributed by atoms with Crippen LogP contribution in [0, 0.1) is 16.7 Å². The molecule has 3 aromatic rings. The van der Waals surface area contributed by atoms with Crippen LogP contribution in [0.25, 0.3) is 11.1 Å². The summed E-state index contributed by atoms with van der Waals surface area (Å²) in [6.07, 6.45) is 3.19. The van der Waals surface area contributed by atoms with Gasteiger partial charge in [0.2, 0.25) is 5.91 Å². The van der Waals surface area contributed by atoms with Crippen LogP contribution in [-0.2, 0) is 27.4 Å². The van der Waals surface area contributed by atoms with Crippen LogP contribution >= 0.6 is 0 Å². The van der Waals surface area contributed by atoms with Crippen molar-refractivity contribution in [1.29, 1.82) is 0 Å². The van der Waals surface area contributed by atoms with Crippen LogP contribution in [0.1, 0.15) is 88.5 Å². The molecule has 0 radical (unpaired) electrons. The number of nitrogens with one attached hydrogen (secondary N) is 1. The van der Waals surface area contributed by atoms with Crippen molar-refractivity contribution >= 4 is 5.91 Å². The Bertz CT molecular complexity index is 1450. The van der Waals surface area contributed by atoms with Crippen molar-refractivity contribution < 1.29 is 19.4 Å². The van der Waals surface area contributed by atoms with Gasteiger partial charge in [-0.15, -0.1) is 0 Å². The summed E-state index contributed by atoms with van der Waals surface area (Å²) in [7, 11) is 0. The molecular formula is C38H48N2O4. The van der Waals surface area contributed by atoms with Crippen LogP contribution < -0.4 is 5.32 Å². The summed E-state index contributed by atoms with van der Waals surface area (Å²) in [5.41, 5.74) is 7.02. The van der Waals surface area contributed by atoms with Crippen LogP contribution in [-0.4, -0.2) is 41.1 Å². The van der Waals surface area contributed by atoms with Gasteiger partial charge in [0.1, 0.15) is 0 Å². The van der Waals surface area contributed by atoms with Gasteiger partial charge >= 0.3 is 0 Å². The zero-order valence-electron chi connectivity index (χ0n) is 26.9. The molecule has 0 aromatic heterocycles. The number of fused-ring (bicyclic) bond motifs is 2. The maximum atomic E-state index is 11.5. The van der Waals surface area contributed by atoms with Gasteiger partial charge in [-0.25, -0.2) is 0 Å². The fourth-order valence-corrected chi connectivity index (χ4v) is 8.35. The molecule has 2 unspecified atom stereocenters. The second-order valence-corrected chi connectivity index (χ2v) is 14.7. The van der Waals surface area contributed by atoms with E-state index in [-0.39, 0.29) is 30.6 Å². The van der Waals surface area contributed by atoms with E-state index < -0.39 is 6.29 Å². The maximum absolute atomic E-state index is 11.5. The first-order chi connectivity index (χ1) is 21.0. The Hall–Kier alpha value is -3.03. The quantitative estimate of drug-likeness (QED) is 0.288. The minimum atomic E-state index is -0.489. The molecule has 6 heteroatoms. The smallest absolute Gasteiger partial charge is 0.217 e. The van der Waals surface area contributed by atoms with E-state index in [0.717, 1.165) is 46.5 Å². The third-order valence-electron chi connectivity index (χ3n) is 10.1. The van der Waals surface area contributed by atoms with E-state index in [2.05, 4.69) is 86.4 Å². The monoisotopic (exact) mass is 596 g/mol. The lowest BCUT2D eigenvalue weighted by Gasteiger charge is -2.43. The molecule has 3 aliphatic rings. The Morgan fingerprint density at radius 2 is 1.66 bits per heavy atom. The number of carbonyl (C=O) groups is 1. The zero-order valence-corrected chi connectivity index (χ0v) is 26.9. The molecule has 3 fully saturated rings. The lowest BCUT2D eigenvalue weighted by molar-refractivity contribution is -0.276. The Labute approximate surface area is 262 Å². The van der Waals surface area contributed by atoms with Gasteiger partial charge < -0.3 is 19.9 Å². The summed E-state index contributed by atoms with van der Waals surface area (Å²) in [5, 5.41) is 12.5. The van der Waals surface area contributed by atoms with E-state index >= 15 is 0 Å². The van der Waals surface area contributed by atoms with Gasteiger partial charge in [0, 0.05) is 44.1 Å². The Morgan fingerprint density at radius 1 is 0.955 bits per heavy atom. The second-order valence-electron chi connectivity index (χ2n) is 14.7. The Kier molecular flexibility index (Phi) is 8.73. The predicted octanol–water partition coefficient (Wildman–Crippen LogP) is 7.17. The number of likely N-dealkylation sites (tertiary alicyclic amines) is 1. The summed E-state index contributed by atoms with van der Waals surface area (Å²) >= 11 is 0. The average molecular weight is 597 g/mol. The number of carbonyl (C=O) groups excluding carboxylic acids is 1. The number of aliphatic hydroxyl groups excluding tert-OH is 1. The SMILES string of the molecule is CC(=O)NCc1ccccc1-c1ccc([C@@H]2O[C@H](CN3CC4(C)CC3CC(C)(C)C4)[C@H](C)[C@H](c3ccc(CO)cc3)O2)cc1. The molecule has 6 atom stereocenters. The highest BCUT2D eigenvalue weighted by molar-refractivity contribution is 5.74. The number of hydrogen-bond donors (Lipinski definition) is 2. The van der Waals surface area contributed by atoms with E-state index in [1.54, 1.807) is 6.92 Å². The molecule has 2 saturated heterocycles. The first-order valence-electron chi connectivity index (χ1n) is 16.2. The van der Waals surface area contributed by atoms with Crippen molar-refractivity contribution in [3.8, 4) is 11.1 Å². The van der Waals surface area contributed by atoms with Gasteiger partial charge in [-0.2, -0.15) is 0 Å². The minimum Gasteiger partial charge on any atom is -0.392 e. The third kappa shape index (κ3) is 6.64. The standard InChI is InChI=1S/C38H48N2O4/c1-25-34(21-40-24-38(5)19-32(40)18-37(3,4)23-38)43-36(44-35(25)29-12-10-27(22-41)11-13-29)30-16-14-28(15-17-30)33-9-7-6-8-31(33)20-39-26(2)42/h6-17,25,32,34-36,41H,18-24H2,1-5H3,(H,39,42)/t25-,32?,34+,35+,36+,38?/m0/s1. The third-order valence-corrected chi connectivity index (χ3v) is 10.1. The molecule has 2 aliphatic heterocycles. The minimum absolute atomic E-state index is 0.0142. The fraction of sp³-hybridized carbons (Fsp3) is 0.500. The normalized spacial score (nSPS) is 29.8. The number of amides is 1. The van der Waals surface area contributed by atoms with Crippen molar-refractivity contribution in [1.82, 2.24) is 10.2 Å². The maximum Gasteiger partial charge on any atom is 0.217 e. The van der Waals surface area contributed by atoms with Crippen molar-refractivity contribution in [3.05, 3.63) is 95.1 Å². The number of hydrogen-bond acceptors (Lipinski definition) is 5. The number of aliphatic hydroxyl groups is 1. The Balaban J connectivity index is 1.26. The predicted molar refractivity (Wildman–Crippen MR) is 173 cm³/mol. The summed E-state index contributed by atoms with van der Waals surface area (Å²) in [6, 6.07) is 25.4. The van der Waals surface area contributed by atoms with Gasteiger partial charge in [0.15, 0.2) is 6.29 Å². The van der Waals surface area contributed by atoms with E-state index in [1.807, 2.05) is 24.3 Å². The highest BCUT2D eigenvalue weighted by Gasteiger charge is 2.51. The van der Waals surface area contributed by atoms with Gasteiger partial charge in [-0.1, -0.05) is 100 Å². The van der Waals surface area contributed by atoms with Crippen LogP contribution in [0.4, 0.5) is 0 Å². The van der Waals surface area contributed by atoms with Crippen LogP contribution in [0.2, 0.25) is 0 Å². The first-order valence-corrected chi connectivity index (χ1v) is 16.2. The van der Waals surface area contributed by atoms with E-state index in [4.69, 9.17) is 9.47 Å². The molecule has 2 heterocycles. The molecule has 234 valence electrons. The molecule has 1 amide bonds. The van der Waals surface area contributed by atoms with Gasteiger partial charge in [-0.3, -0.25) is 9.69 Å². The van der Waals surface area contributed by atoms with Crippen LogP contribution in [0.5, 0.6) is 0 Å². The lowest BCUT2D eigenvalue weighted by Crippen LogP contribution is -2.46. The number of ether oxygens (including phenoxy) is 2.